The van der Waals surface area contributed by atoms with E-state index in [-0.39, 0.29) is 17.5 Å². The minimum atomic E-state index is -0.185. The third-order valence-electron chi connectivity index (χ3n) is 3.49. The molecule has 2 unspecified atom stereocenters. The Morgan fingerprint density at radius 2 is 1.75 bits per heavy atom. The summed E-state index contributed by atoms with van der Waals surface area (Å²) in [5.74, 6) is 0.378. The van der Waals surface area contributed by atoms with Gasteiger partial charge in [-0.05, 0) is 38.5 Å². The Balaban J connectivity index is 2.62. The summed E-state index contributed by atoms with van der Waals surface area (Å²) >= 11 is 2.33. The third-order valence-corrected chi connectivity index (χ3v) is 4.27. The molecule has 16 heavy (non-hydrogen) atoms. The molecule has 0 aliphatic heterocycles. The Labute approximate surface area is 113 Å². The maximum Gasteiger partial charge on any atom is 0.310 e. The molecule has 1 rings (SSSR count). The average Bonchev–Trinajstić information content (AvgIpc) is 2.49. The Morgan fingerprint density at radius 1 is 1.25 bits per heavy atom. The van der Waals surface area contributed by atoms with Crippen LogP contribution >= 0.6 is 22.6 Å². The molecule has 0 aromatic heterocycles. The van der Waals surface area contributed by atoms with Crippen LogP contribution in [0.4, 0.5) is 0 Å². The van der Waals surface area contributed by atoms with Crippen molar-refractivity contribution in [2.75, 3.05) is 0 Å². The second-order valence-electron chi connectivity index (χ2n) is 5.53. The van der Waals surface area contributed by atoms with E-state index < -0.39 is 0 Å². The first kappa shape index (κ1) is 14.3. The largest absolute Gasteiger partial charge is 0.459 e. The first-order chi connectivity index (χ1) is 7.36. The molecule has 0 saturated heterocycles. The zero-order valence-corrected chi connectivity index (χ0v) is 12.9. The zero-order valence-electron chi connectivity index (χ0n) is 10.8. The number of carbonyl (C=O) groups excluding carboxylic acids is 1. The predicted molar refractivity (Wildman–Crippen MR) is 74.8 cm³/mol. The lowest BCUT2D eigenvalue weighted by Gasteiger charge is -2.29. The van der Waals surface area contributed by atoms with E-state index in [0.717, 1.165) is 12.8 Å². The highest BCUT2D eigenvalue weighted by molar-refractivity contribution is 14.1. The maximum absolute atomic E-state index is 12.2. The highest BCUT2D eigenvalue weighted by Crippen LogP contribution is 2.35. The van der Waals surface area contributed by atoms with E-state index in [0.29, 0.717) is 9.84 Å². The lowest BCUT2D eigenvalue weighted by atomic mass is 9.93. The SMILES string of the molecule is CC(C)C(C(=O)OC1(C)CCCC1)C(C)I. The van der Waals surface area contributed by atoms with Crippen molar-refractivity contribution in [3.8, 4) is 0 Å². The van der Waals surface area contributed by atoms with Crippen LogP contribution in [0, 0.1) is 11.8 Å². The van der Waals surface area contributed by atoms with Crippen molar-refractivity contribution in [1.29, 1.82) is 0 Å². The summed E-state index contributed by atoms with van der Waals surface area (Å²) in [5.41, 5.74) is -0.185. The van der Waals surface area contributed by atoms with Crippen molar-refractivity contribution in [1.82, 2.24) is 0 Å². The van der Waals surface area contributed by atoms with Gasteiger partial charge >= 0.3 is 5.97 Å². The molecular formula is C13H23IO2. The van der Waals surface area contributed by atoms with E-state index in [1.807, 2.05) is 0 Å². The van der Waals surface area contributed by atoms with E-state index in [2.05, 4.69) is 50.3 Å². The summed E-state index contributed by atoms with van der Waals surface area (Å²) < 4.78 is 6.07. The standard InChI is InChI=1S/C13H23IO2/c1-9(2)11(10(3)14)12(15)16-13(4)7-5-6-8-13/h9-11H,5-8H2,1-4H3. The molecule has 1 fully saturated rings. The number of rotatable bonds is 4. The first-order valence-electron chi connectivity index (χ1n) is 6.23. The predicted octanol–water partition coefficient (Wildman–Crippen LogP) is 3.96. The van der Waals surface area contributed by atoms with E-state index >= 15 is 0 Å². The van der Waals surface area contributed by atoms with Gasteiger partial charge in [-0.1, -0.05) is 43.4 Å². The molecule has 0 amide bonds. The molecule has 1 saturated carbocycles. The van der Waals surface area contributed by atoms with Gasteiger partial charge in [0.25, 0.3) is 0 Å². The van der Waals surface area contributed by atoms with Crippen LogP contribution in [0.5, 0.6) is 0 Å². The molecule has 3 heteroatoms. The summed E-state index contributed by atoms with van der Waals surface area (Å²) in [5, 5.41) is 0. The summed E-state index contributed by atoms with van der Waals surface area (Å²) in [6.45, 7) is 8.35. The number of hydrogen-bond acceptors (Lipinski definition) is 2. The van der Waals surface area contributed by atoms with Crippen molar-refractivity contribution >= 4 is 28.6 Å². The topological polar surface area (TPSA) is 26.3 Å². The minimum Gasteiger partial charge on any atom is -0.459 e. The van der Waals surface area contributed by atoms with Crippen molar-refractivity contribution < 1.29 is 9.53 Å². The molecule has 94 valence electrons. The maximum atomic E-state index is 12.2. The van der Waals surface area contributed by atoms with Crippen LogP contribution in [0.1, 0.15) is 53.4 Å². The highest BCUT2D eigenvalue weighted by atomic mass is 127. The third kappa shape index (κ3) is 3.60. The molecule has 0 spiro atoms. The van der Waals surface area contributed by atoms with Gasteiger partial charge in [-0.25, -0.2) is 0 Å². The van der Waals surface area contributed by atoms with Gasteiger partial charge in [0.2, 0.25) is 0 Å². The monoisotopic (exact) mass is 338 g/mol. The first-order valence-corrected chi connectivity index (χ1v) is 7.47. The van der Waals surface area contributed by atoms with Crippen LogP contribution in [0.25, 0.3) is 0 Å². The normalized spacial score (nSPS) is 23.1. The van der Waals surface area contributed by atoms with Gasteiger partial charge in [0.15, 0.2) is 0 Å². The Kier molecular flexibility index (Phi) is 5.08. The van der Waals surface area contributed by atoms with Gasteiger partial charge in [0.1, 0.15) is 5.60 Å². The number of alkyl halides is 1. The van der Waals surface area contributed by atoms with Crippen molar-refractivity contribution in [2.24, 2.45) is 11.8 Å². The molecular weight excluding hydrogens is 315 g/mol. The Hall–Kier alpha value is 0.200. The van der Waals surface area contributed by atoms with Crippen LogP contribution in [0.3, 0.4) is 0 Å². The molecule has 0 radical (unpaired) electrons. The van der Waals surface area contributed by atoms with E-state index in [1.165, 1.54) is 12.8 Å². The molecule has 0 bridgehead atoms. The van der Waals surface area contributed by atoms with Crippen LogP contribution < -0.4 is 0 Å². The smallest absolute Gasteiger partial charge is 0.310 e. The molecule has 2 nitrogen and oxygen atoms in total. The number of carbonyl (C=O) groups is 1. The van der Waals surface area contributed by atoms with Crippen LogP contribution in [0.2, 0.25) is 0 Å². The number of halogens is 1. The number of ether oxygens (including phenoxy) is 1. The quantitative estimate of drug-likeness (QED) is 0.441. The van der Waals surface area contributed by atoms with Crippen molar-refractivity contribution in [3.05, 3.63) is 0 Å². The lowest BCUT2D eigenvalue weighted by Crippen LogP contribution is -2.36. The number of esters is 1. The van der Waals surface area contributed by atoms with Crippen LogP contribution in [-0.2, 0) is 9.53 Å². The lowest BCUT2D eigenvalue weighted by molar-refractivity contribution is -0.164. The molecule has 2 atom stereocenters. The minimum absolute atomic E-state index is 0.00120. The molecule has 0 aromatic rings. The van der Waals surface area contributed by atoms with Crippen LogP contribution in [-0.4, -0.2) is 15.5 Å². The van der Waals surface area contributed by atoms with Gasteiger partial charge in [-0.3, -0.25) is 4.79 Å². The fourth-order valence-corrected chi connectivity index (χ4v) is 3.65. The summed E-state index contributed by atoms with van der Waals surface area (Å²) in [4.78, 5) is 12.2. The van der Waals surface area contributed by atoms with E-state index in [1.54, 1.807) is 0 Å². The van der Waals surface area contributed by atoms with Gasteiger partial charge in [0, 0.05) is 3.92 Å². The molecule has 0 N–H and O–H groups in total. The fraction of sp³-hybridized carbons (Fsp3) is 0.923. The molecule has 1 aliphatic carbocycles. The van der Waals surface area contributed by atoms with Gasteiger partial charge in [-0.2, -0.15) is 0 Å². The zero-order chi connectivity index (χ0) is 12.3. The second-order valence-corrected chi connectivity index (χ2v) is 7.49. The van der Waals surface area contributed by atoms with Gasteiger partial charge in [0.05, 0.1) is 5.92 Å². The average molecular weight is 338 g/mol. The highest BCUT2D eigenvalue weighted by Gasteiger charge is 2.37. The van der Waals surface area contributed by atoms with Gasteiger partial charge < -0.3 is 4.74 Å². The van der Waals surface area contributed by atoms with E-state index in [4.69, 9.17) is 4.74 Å². The summed E-state index contributed by atoms with van der Waals surface area (Å²) in [7, 11) is 0. The molecule has 0 heterocycles. The van der Waals surface area contributed by atoms with Gasteiger partial charge in [-0.15, -0.1) is 0 Å². The van der Waals surface area contributed by atoms with E-state index in [9.17, 15) is 4.79 Å². The number of hydrogen-bond donors (Lipinski definition) is 0. The second kappa shape index (κ2) is 5.69. The van der Waals surface area contributed by atoms with Crippen molar-refractivity contribution in [3.63, 3.8) is 0 Å². The summed E-state index contributed by atoms with van der Waals surface area (Å²) in [6, 6.07) is 0. The van der Waals surface area contributed by atoms with Crippen molar-refractivity contribution in [2.45, 2.75) is 62.9 Å². The Morgan fingerprint density at radius 3 is 2.12 bits per heavy atom. The molecule has 1 aliphatic rings. The fourth-order valence-electron chi connectivity index (χ4n) is 2.53. The van der Waals surface area contributed by atoms with Crippen LogP contribution in [0.15, 0.2) is 0 Å². The molecule has 0 aromatic carbocycles. The Bertz CT molecular complexity index is 234. The summed E-state index contributed by atoms with van der Waals surface area (Å²) in [6.07, 6.45) is 4.43.